The molecule has 1 saturated heterocycles. The summed E-state index contributed by atoms with van der Waals surface area (Å²) in [7, 11) is -3.55. The Balaban J connectivity index is 1.75. The first kappa shape index (κ1) is 19.0. The molecule has 2 aromatic rings. The van der Waals surface area contributed by atoms with Crippen molar-refractivity contribution in [3.05, 3.63) is 40.6 Å². The fraction of sp³-hybridized carbons (Fsp3) is 0.375. The van der Waals surface area contributed by atoms with E-state index in [1.807, 2.05) is 6.92 Å². The molecule has 0 bridgehead atoms. The summed E-state index contributed by atoms with van der Waals surface area (Å²) in [5.74, 6) is -0.319. The lowest BCUT2D eigenvalue weighted by molar-refractivity contribution is 0.0730. The Bertz CT molecular complexity index is 889. The highest BCUT2D eigenvalue weighted by atomic mass is 79.9. The number of aromatic nitrogens is 2. The van der Waals surface area contributed by atoms with E-state index in [9.17, 15) is 13.2 Å². The van der Waals surface area contributed by atoms with E-state index in [1.54, 1.807) is 23.0 Å². The highest BCUT2D eigenvalue weighted by Crippen LogP contribution is 2.21. The van der Waals surface area contributed by atoms with Crippen molar-refractivity contribution in [2.75, 3.05) is 31.6 Å². The van der Waals surface area contributed by atoms with Crippen LogP contribution in [0.25, 0.3) is 0 Å². The van der Waals surface area contributed by atoms with E-state index in [2.05, 4.69) is 26.3 Å². The van der Waals surface area contributed by atoms with E-state index < -0.39 is 10.0 Å². The molecule has 1 aromatic heterocycles. The van der Waals surface area contributed by atoms with Gasteiger partial charge in [0, 0.05) is 25.3 Å². The zero-order chi connectivity index (χ0) is 18.7. The first-order valence-corrected chi connectivity index (χ1v) is 10.4. The Morgan fingerprint density at radius 3 is 2.54 bits per heavy atom. The molecule has 10 heteroatoms. The van der Waals surface area contributed by atoms with E-state index >= 15 is 0 Å². The van der Waals surface area contributed by atoms with E-state index in [0.717, 1.165) is 0 Å². The summed E-state index contributed by atoms with van der Waals surface area (Å²) in [6.07, 6.45) is 1.57. The molecule has 8 nitrogen and oxygen atoms in total. The summed E-state index contributed by atoms with van der Waals surface area (Å²) >= 11 is 3.31. The van der Waals surface area contributed by atoms with Crippen LogP contribution in [-0.2, 0) is 21.3 Å². The van der Waals surface area contributed by atoms with E-state index in [4.69, 9.17) is 4.74 Å². The summed E-state index contributed by atoms with van der Waals surface area (Å²) < 4.78 is 34.0. The fourth-order valence-corrected chi connectivity index (χ4v) is 4.55. The Morgan fingerprint density at radius 1 is 1.27 bits per heavy atom. The minimum absolute atomic E-state index is 0.192. The first-order chi connectivity index (χ1) is 12.4. The van der Waals surface area contributed by atoms with Crippen LogP contribution in [0.2, 0.25) is 0 Å². The predicted octanol–water partition coefficient (Wildman–Crippen LogP) is 1.94. The number of aryl methyl sites for hydroxylation is 1. The topological polar surface area (TPSA) is 93.5 Å². The van der Waals surface area contributed by atoms with Crippen LogP contribution in [0.3, 0.4) is 0 Å². The normalized spacial score (nSPS) is 15.8. The number of ether oxygens (including phenoxy) is 1. The smallest absolute Gasteiger partial charge is 0.275 e. The third kappa shape index (κ3) is 3.83. The maximum Gasteiger partial charge on any atom is 0.275 e. The van der Waals surface area contributed by atoms with Crippen LogP contribution in [0, 0.1) is 0 Å². The molecule has 140 valence electrons. The molecule has 1 amide bonds. The van der Waals surface area contributed by atoms with Crippen molar-refractivity contribution in [3.8, 4) is 0 Å². The van der Waals surface area contributed by atoms with Gasteiger partial charge in [0.2, 0.25) is 10.0 Å². The van der Waals surface area contributed by atoms with Crippen LogP contribution in [-0.4, -0.2) is 54.7 Å². The molecule has 26 heavy (non-hydrogen) atoms. The quantitative estimate of drug-likeness (QED) is 0.763. The van der Waals surface area contributed by atoms with Gasteiger partial charge < -0.3 is 10.1 Å². The van der Waals surface area contributed by atoms with E-state index in [0.29, 0.717) is 48.7 Å². The minimum Gasteiger partial charge on any atom is -0.379 e. The average Bonchev–Trinajstić information content (AvgIpc) is 3.03. The molecule has 3 rings (SSSR count). The lowest BCUT2D eigenvalue weighted by Gasteiger charge is -2.26. The average molecular weight is 443 g/mol. The standard InChI is InChI=1S/C16H19BrN4O4S/c1-2-21-15(14(17)11-18-21)16(22)19-12-3-5-13(6-4-12)26(23,24)20-7-9-25-10-8-20/h3-6,11H,2,7-10H2,1H3,(H,19,22). The van der Waals surface area contributed by atoms with E-state index in [-0.39, 0.29) is 10.8 Å². The van der Waals surface area contributed by atoms with Gasteiger partial charge in [0.1, 0.15) is 5.69 Å². The van der Waals surface area contributed by atoms with Crippen molar-refractivity contribution < 1.29 is 17.9 Å². The van der Waals surface area contributed by atoms with Crippen molar-refractivity contribution in [1.82, 2.24) is 14.1 Å². The zero-order valence-corrected chi connectivity index (χ0v) is 16.6. The number of anilines is 1. The Kier molecular flexibility index (Phi) is 5.76. The maximum absolute atomic E-state index is 12.6. The van der Waals surface area contributed by atoms with Crippen LogP contribution in [0.15, 0.2) is 39.8 Å². The van der Waals surface area contributed by atoms with Gasteiger partial charge in [0.05, 0.1) is 28.8 Å². The number of sulfonamides is 1. The molecule has 0 atom stereocenters. The third-order valence-corrected chi connectivity index (χ3v) is 6.52. The number of morpholine rings is 1. The second-order valence-electron chi connectivity index (χ2n) is 5.65. The Labute approximate surface area is 160 Å². The lowest BCUT2D eigenvalue weighted by atomic mass is 10.3. The molecule has 0 spiro atoms. The number of amides is 1. The molecule has 0 unspecified atom stereocenters. The molecule has 0 aliphatic carbocycles. The van der Waals surface area contributed by atoms with Crippen LogP contribution < -0.4 is 5.32 Å². The SMILES string of the molecule is CCn1ncc(Br)c1C(=O)Nc1ccc(S(=O)(=O)N2CCOCC2)cc1. The van der Waals surface area contributed by atoms with Gasteiger partial charge in [-0.05, 0) is 47.1 Å². The number of carbonyl (C=O) groups is 1. The second kappa shape index (κ2) is 7.87. The highest BCUT2D eigenvalue weighted by molar-refractivity contribution is 9.10. The first-order valence-electron chi connectivity index (χ1n) is 8.14. The number of carbonyl (C=O) groups excluding carboxylic acids is 1. The molecule has 1 aliphatic heterocycles. The molecule has 0 saturated carbocycles. The van der Waals surface area contributed by atoms with Gasteiger partial charge in [-0.15, -0.1) is 0 Å². The van der Waals surface area contributed by atoms with Gasteiger partial charge in [-0.25, -0.2) is 8.42 Å². The number of hydrogen-bond donors (Lipinski definition) is 1. The summed E-state index contributed by atoms with van der Waals surface area (Å²) in [5.41, 5.74) is 0.921. The second-order valence-corrected chi connectivity index (χ2v) is 8.44. The van der Waals surface area contributed by atoms with Crippen LogP contribution in [0.5, 0.6) is 0 Å². The molecule has 0 radical (unpaired) electrons. The predicted molar refractivity (Wildman–Crippen MR) is 99.6 cm³/mol. The van der Waals surface area contributed by atoms with Gasteiger partial charge in [0.15, 0.2) is 0 Å². The summed E-state index contributed by atoms with van der Waals surface area (Å²) in [6.45, 7) is 3.93. The molecular weight excluding hydrogens is 424 g/mol. The maximum atomic E-state index is 12.6. The highest BCUT2D eigenvalue weighted by Gasteiger charge is 2.26. The zero-order valence-electron chi connectivity index (χ0n) is 14.2. The monoisotopic (exact) mass is 442 g/mol. The van der Waals surface area contributed by atoms with Crippen molar-refractivity contribution in [2.24, 2.45) is 0 Å². The van der Waals surface area contributed by atoms with E-state index in [1.165, 1.54) is 16.4 Å². The van der Waals surface area contributed by atoms with Crippen LogP contribution >= 0.6 is 15.9 Å². The summed E-state index contributed by atoms with van der Waals surface area (Å²) in [4.78, 5) is 12.7. The fourth-order valence-electron chi connectivity index (χ4n) is 2.66. The van der Waals surface area contributed by atoms with Crippen molar-refractivity contribution in [1.29, 1.82) is 0 Å². The number of nitrogens with one attached hydrogen (secondary N) is 1. The molecule has 1 N–H and O–H groups in total. The third-order valence-electron chi connectivity index (χ3n) is 4.03. The van der Waals surface area contributed by atoms with Crippen molar-refractivity contribution in [2.45, 2.75) is 18.4 Å². The van der Waals surface area contributed by atoms with Crippen molar-refractivity contribution in [3.63, 3.8) is 0 Å². The number of benzene rings is 1. The van der Waals surface area contributed by atoms with Gasteiger partial charge in [-0.2, -0.15) is 9.40 Å². The number of nitrogens with zero attached hydrogens (tertiary/aromatic N) is 3. The molecule has 1 aromatic carbocycles. The number of halogens is 1. The Hall–Kier alpha value is -1.75. The molecular formula is C16H19BrN4O4S. The largest absolute Gasteiger partial charge is 0.379 e. The minimum atomic E-state index is -3.55. The number of rotatable bonds is 5. The number of hydrogen-bond acceptors (Lipinski definition) is 5. The summed E-state index contributed by atoms with van der Waals surface area (Å²) in [6, 6.07) is 6.14. The lowest BCUT2D eigenvalue weighted by Crippen LogP contribution is -2.40. The van der Waals surface area contributed by atoms with Crippen LogP contribution in [0.1, 0.15) is 17.4 Å². The van der Waals surface area contributed by atoms with Crippen LogP contribution in [0.4, 0.5) is 5.69 Å². The van der Waals surface area contributed by atoms with Gasteiger partial charge >= 0.3 is 0 Å². The molecule has 1 fully saturated rings. The van der Waals surface area contributed by atoms with Gasteiger partial charge in [-0.3, -0.25) is 9.48 Å². The van der Waals surface area contributed by atoms with Crippen molar-refractivity contribution >= 4 is 37.5 Å². The molecule has 2 heterocycles. The molecule has 1 aliphatic rings. The summed E-state index contributed by atoms with van der Waals surface area (Å²) in [5, 5.41) is 6.87. The Morgan fingerprint density at radius 2 is 1.92 bits per heavy atom. The van der Waals surface area contributed by atoms with Gasteiger partial charge in [0.25, 0.3) is 5.91 Å². The van der Waals surface area contributed by atoms with Gasteiger partial charge in [-0.1, -0.05) is 0 Å².